The van der Waals surface area contributed by atoms with Crippen molar-refractivity contribution < 1.29 is 14.3 Å². The number of nitrogens with zero attached hydrogens (tertiary/aromatic N) is 3. The van der Waals surface area contributed by atoms with Crippen molar-refractivity contribution >= 4 is 17.6 Å². The zero-order chi connectivity index (χ0) is 26.0. The molecule has 2 aromatic rings. The molecule has 198 valence electrons. The van der Waals surface area contributed by atoms with Crippen LogP contribution in [0, 0.1) is 5.92 Å². The normalized spacial score (nSPS) is 26.0. The van der Waals surface area contributed by atoms with Crippen molar-refractivity contribution in [1.29, 1.82) is 0 Å². The molecule has 37 heavy (non-hydrogen) atoms. The Bertz CT molecular complexity index is 1110. The maximum absolute atomic E-state index is 13.7. The van der Waals surface area contributed by atoms with Gasteiger partial charge in [-0.1, -0.05) is 42.8 Å². The molecule has 1 saturated heterocycles. The fourth-order valence-electron chi connectivity index (χ4n) is 6.58. The maximum atomic E-state index is 13.7. The van der Waals surface area contributed by atoms with Crippen molar-refractivity contribution in [3.8, 4) is 5.75 Å². The minimum absolute atomic E-state index is 0.0183. The smallest absolute Gasteiger partial charge is 0.321 e. The van der Waals surface area contributed by atoms with E-state index in [1.54, 1.807) is 18.1 Å². The highest BCUT2D eigenvalue weighted by molar-refractivity contribution is 5.95. The van der Waals surface area contributed by atoms with Gasteiger partial charge in [-0.05, 0) is 76.2 Å². The molecular weight excluding hydrogens is 464 g/mol. The largest absolute Gasteiger partial charge is 0.497 e. The quantitative estimate of drug-likeness (QED) is 0.553. The third-order valence-corrected chi connectivity index (χ3v) is 9.09. The van der Waals surface area contributed by atoms with Crippen LogP contribution in [0.25, 0.3) is 0 Å². The Labute approximate surface area is 220 Å². The number of anilines is 1. The monoisotopic (exact) mass is 504 g/mol. The molecule has 0 aromatic heterocycles. The molecule has 0 unspecified atom stereocenters. The van der Waals surface area contributed by atoms with Gasteiger partial charge in [0, 0.05) is 30.4 Å². The predicted molar refractivity (Wildman–Crippen MR) is 146 cm³/mol. The summed E-state index contributed by atoms with van der Waals surface area (Å²) in [6.07, 6.45) is 7.50. The van der Waals surface area contributed by atoms with E-state index in [1.807, 2.05) is 18.2 Å². The molecule has 1 aliphatic heterocycles. The van der Waals surface area contributed by atoms with E-state index in [0.29, 0.717) is 23.9 Å². The number of carbonyl (C=O) groups is 2. The highest BCUT2D eigenvalue weighted by Crippen LogP contribution is 2.49. The average Bonchev–Trinajstić information content (AvgIpc) is 3.12. The molecule has 0 atom stereocenters. The van der Waals surface area contributed by atoms with E-state index in [4.69, 9.17) is 4.74 Å². The van der Waals surface area contributed by atoms with Crippen molar-refractivity contribution in [2.24, 2.45) is 5.92 Å². The number of methoxy groups -OCH3 is 1. The zero-order valence-corrected chi connectivity index (χ0v) is 22.4. The minimum Gasteiger partial charge on any atom is -0.497 e. The summed E-state index contributed by atoms with van der Waals surface area (Å²) in [4.78, 5) is 33.0. The first-order chi connectivity index (χ1) is 17.8. The molecule has 7 nitrogen and oxygen atoms in total. The van der Waals surface area contributed by atoms with Crippen LogP contribution in [0.2, 0.25) is 0 Å². The van der Waals surface area contributed by atoms with E-state index in [1.165, 1.54) is 24.8 Å². The number of hydrogen-bond donors (Lipinski definition) is 1. The van der Waals surface area contributed by atoms with Gasteiger partial charge >= 0.3 is 6.03 Å². The number of urea groups is 1. The number of benzene rings is 2. The number of amides is 3. The summed E-state index contributed by atoms with van der Waals surface area (Å²) >= 11 is 0. The highest BCUT2D eigenvalue weighted by Gasteiger charge is 2.55. The summed E-state index contributed by atoms with van der Waals surface area (Å²) in [6.45, 7) is 1.49. The summed E-state index contributed by atoms with van der Waals surface area (Å²) < 4.78 is 5.27. The molecular formula is C30H40N4O3. The van der Waals surface area contributed by atoms with Gasteiger partial charge in [-0.25, -0.2) is 4.79 Å². The second kappa shape index (κ2) is 10.4. The number of nitrogens with one attached hydrogen (secondary N) is 1. The van der Waals surface area contributed by atoms with Gasteiger partial charge in [-0.3, -0.25) is 9.69 Å². The average molecular weight is 505 g/mol. The SMILES string of the molecule is COc1cccc(NC(=O)CN2CC3(CCC(c4ccccc4)(N(C)C)CC3)N(CC3CCC3)C2=O)c1. The Balaban J connectivity index is 1.33. The van der Waals surface area contributed by atoms with Crippen LogP contribution in [0.5, 0.6) is 5.75 Å². The van der Waals surface area contributed by atoms with Crippen LogP contribution in [0.1, 0.15) is 50.5 Å². The summed E-state index contributed by atoms with van der Waals surface area (Å²) in [5.41, 5.74) is 1.78. The lowest BCUT2D eigenvalue weighted by molar-refractivity contribution is -0.116. The van der Waals surface area contributed by atoms with E-state index in [9.17, 15) is 9.59 Å². The molecule has 1 N–H and O–H groups in total. The third-order valence-electron chi connectivity index (χ3n) is 9.09. The predicted octanol–water partition coefficient (Wildman–Crippen LogP) is 4.94. The second-order valence-electron chi connectivity index (χ2n) is 11.3. The molecule has 7 heteroatoms. The van der Waals surface area contributed by atoms with Crippen molar-refractivity contribution in [2.75, 3.05) is 46.2 Å². The van der Waals surface area contributed by atoms with Crippen LogP contribution in [0.3, 0.4) is 0 Å². The van der Waals surface area contributed by atoms with Gasteiger partial charge in [-0.2, -0.15) is 0 Å². The molecule has 2 saturated carbocycles. The Hall–Kier alpha value is -3.06. The molecule has 3 aliphatic rings. The van der Waals surface area contributed by atoms with Gasteiger partial charge in [0.05, 0.1) is 12.6 Å². The van der Waals surface area contributed by atoms with Gasteiger partial charge in [0.25, 0.3) is 0 Å². The summed E-state index contributed by atoms with van der Waals surface area (Å²) in [7, 11) is 5.95. The first-order valence-corrected chi connectivity index (χ1v) is 13.6. The van der Waals surface area contributed by atoms with Crippen molar-refractivity contribution in [2.45, 2.75) is 56.0 Å². The standard InChI is InChI=1S/C30H40N4O3/c1-32(2)30(24-11-5-4-6-12-24)17-15-29(16-18-30)22-33(28(36)34(29)20-23-9-7-10-23)21-27(35)31-25-13-8-14-26(19-25)37-3/h4-6,8,11-14,19,23H,7,9-10,15-18,20-22H2,1-3H3,(H,31,35). The molecule has 1 spiro atoms. The summed E-state index contributed by atoms with van der Waals surface area (Å²) in [5, 5.41) is 2.94. The lowest BCUT2D eigenvalue weighted by Gasteiger charge is -2.51. The summed E-state index contributed by atoms with van der Waals surface area (Å²) in [5.74, 6) is 1.09. The first-order valence-electron chi connectivity index (χ1n) is 13.6. The Morgan fingerprint density at radius 2 is 1.78 bits per heavy atom. The number of carbonyl (C=O) groups excluding carboxylic acids is 2. The minimum atomic E-state index is -0.211. The van der Waals surface area contributed by atoms with Gasteiger partial charge in [0.15, 0.2) is 0 Å². The zero-order valence-electron chi connectivity index (χ0n) is 22.4. The molecule has 0 radical (unpaired) electrons. The number of rotatable bonds is 8. The van der Waals surface area contributed by atoms with Gasteiger partial charge in [0.1, 0.15) is 12.3 Å². The molecule has 2 aliphatic carbocycles. The fraction of sp³-hybridized carbons (Fsp3) is 0.533. The van der Waals surface area contributed by atoms with Crippen LogP contribution in [-0.4, -0.2) is 73.0 Å². The molecule has 2 aromatic carbocycles. The van der Waals surface area contributed by atoms with Crippen LogP contribution >= 0.6 is 0 Å². The third kappa shape index (κ3) is 4.93. The molecule has 1 heterocycles. The van der Waals surface area contributed by atoms with E-state index in [-0.39, 0.29) is 29.6 Å². The van der Waals surface area contributed by atoms with Gasteiger partial charge in [-0.15, -0.1) is 0 Å². The van der Waals surface area contributed by atoms with Crippen LogP contribution in [-0.2, 0) is 10.3 Å². The van der Waals surface area contributed by atoms with E-state index >= 15 is 0 Å². The van der Waals surface area contributed by atoms with Crippen LogP contribution in [0.4, 0.5) is 10.5 Å². The molecule has 3 fully saturated rings. The van der Waals surface area contributed by atoms with E-state index < -0.39 is 0 Å². The topological polar surface area (TPSA) is 65.1 Å². The van der Waals surface area contributed by atoms with Gasteiger partial charge < -0.3 is 19.9 Å². The van der Waals surface area contributed by atoms with Crippen molar-refractivity contribution in [1.82, 2.24) is 14.7 Å². The molecule has 0 bridgehead atoms. The number of hydrogen-bond acceptors (Lipinski definition) is 4. The highest BCUT2D eigenvalue weighted by atomic mass is 16.5. The van der Waals surface area contributed by atoms with Crippen LogP contribution in [0.15, 0.2) is 54.6 Å². The summed E-state index contributed by atoms with van der Waals surface area (Å²) in [6, 6.07) is 18.1. The second-order valence-corrected chi connectivity index (χ2v) is 11.3. The molecule has 5 rings (SSSR count). The number of ether oxygens (including phenoxy) is 1. The van der Waals surface area contributed by atoms with Crippen LogP contribution < -0.4 is 10.1 Å². The fourth-order valence-corrected chi connectivity index (χ4v) is 6.58. The Kier molecular flexibility index (Phi) is 7.17. The Morgan fingerprint density at radius 1 is 1.05 bits per heavy atom. The Morgan fingerprint density at radius 3 is 2.41 bits per heavy atom. The lowest BCUT2D eigenvalue weighted by Crippen LogP contribution is -2.56. The maximum Gasteiger partial charge on any atom is 0.321 e. The van der Waals surface area contributed by atoms with Crippen molar-refractivity contribution in [3.05, 3.63) is 60.2 Å². The molecule has 3 amide bonds. The van der Waals surface area contributed by atoms with E-state index in [2.05, 4.69) is 59.5 Å². The van der Waals surface area contributed by atoms with Crippen molar-refractivity contribution in [3.63, 3.8) is 0 Å². The van der Waals surface area contributed by atoms with Gasteiger partial charge in [0.2, 0.25) is 5.91 Å². The lowest BCUT2D eigenvalue weighted by atomic mass is 9.68. The van der Waals surface area contributed by atoms with E-state index in [0.717, 1.165) is 32.2 Å². The first kappa shape index (κ1) is 25.6.